The number of hydrogen-bond acceptors (Lipinski definition) is 4. The predicted molar refractivity (Wildman–Crippen MR) is 65.0 cm³/mol. The van der Waals surface area contributed by atoms with Gasteiger partial charge in [0.25, 0.3) is 0 Å². The SMILES string of the molecule is COc1ccc2c(c1)-c1onc(N)c1C(C)C2. The highest BCUT2D eigenvalue weighted by Crippen LogP contribution is 2.43. The molecular weight excluding hydrogens is 216 g/mol. The quantitative estimate of drug-likeness (QED) is 0.818. The Kier molecular flexibility index (Phi) is 2.11. The summed E-state index contributed by atoms with van der Waals surface area (Å²) in [6.07, 6.45) is 0.956. The number of anilines is 1. The van der Waals surface area contributed by atoms with Crippen molar-refractivity contribution >= 4 is 5.82 Å². The van der Waals surface area contributed by atoms with Gasteiger partial charge in [0.2, 0.25) is 0 Å². The molecule has 0 fully saturated rings. The van der Waals surface area contributed by atoms with Crippen LogP contribution in [0.1, 0.15) is 24.0 Å². The van der Waals surface area contributed by atoms with E-state index in [1.165, 1.54) is 5.56 Å². The van der Waals surface area contributed by atoms with Gasteiger partial charge in [0.15, 0.2) is 11.6 Å². The van der Waals surface area contributed by atoms with Crippen LogP contribution >= 0.6 is 0 Å². The molecule has 1 aromatic heterocycles. The van der Waals surface area contributed by atoms with Gasteiger partial charge in [-0.3, -0.25) is 0 Å². The Morgan fingerprint density at radius 1 is 1.47 bits per heavy atom. The molecule has 0 bridgehead atoms. The van der Waals surface area contributed by atoms with Gasteiger partial charge in [-0.25, -0.2) is 0 Å². The lowest BCUT2D eigenvalue weighted by molar-refractivity contribution is 0.412. The molecule has 0 saturated carbocycles. The highest BCUT2D eigenvalue weighted by Gasteiger charge is 2.28. The van der Waals surface area contributed by atoms with Crippen LogP contribution in [-0.4, -0.2) is 12.3 Å². The van der Waals surface area contributed by atoms with Gasteiger partial charge >= 0.3 is 0 Å². The lowest BCUT2D eigenvalue weighted by atomic mass is 9.83. The minimum absolute atomic E-state index is 0.345. The van der Waals surface area contributed by atoms with E-state index < -0.39 is 0 Å². The van der Waals surface area contributed by atoms with Crippen LogP contribution in [0.5, 0.6) is 5.75 Å². The standard InChI is InChI=1S/C13H14N2O2/c1-7-5-8-3-4-9(16-2)6-10(8)12-11(7)13(14)15-17-12/h3-4,6-7H,5H2,1-2H3,(H2,14,15). The molecule has 0 saturated heterocycles. The molecule has 1 aliphatic rings. The van der Waals surface area contributed by atoms with E-state index in [9.17, 15) is 0 Å². The minimum atomic E-state index is 0.345. The molecule has 1 heterocycles. The van der Waals surface area contributed by atoms with E-state index in [1.54, 1.807) is 7.11 Å². The van der Waals surface area contributed by atoms with E-state index in [2.05, 4.69) is 18.1 Å². The number of aromatic nitrogens is 1. The van der Waals surface area contributed by atoms with E-state index in [0.29, 0.717) is 11.7 Å². The van der Waals surface area contributed by atoms with Gasteiger partial charge in [-0.05, 0) is 30.0 Å². The molecule has 1 aromatic carbocycles. The Bertz CT molecular complexity index is 575. The smallest absolute Gasteiger partial charge is 0.172 e. The summed E-state index contributed by atoms with van der Waals surface area (Å²) < 4.78 is 10.6. The summed E-state index contributed by atoms with van der Waals surface area (Å²) >= 11 is 0. The lowest BCUT2D eigenvalue weighted by Gasteiger charge is -2.20. The summed E-state index contributed by atoms with van der Waals surface area (Å²) in [5.41, 5.74) is 9.16. The van der Waals surface area contributed by atoms with E-state index in [4.69, 9.17) is 15.0 Å². The van der Waals surface area contributed by atoms with Crippen LogP contribution < -0.4 is 10.5 Å². The molecule has 1 atom stereocenters. The lowest BCUT2D eigenvalue weighted by Crippen LogP contribution is -2.08. The molecule has 17 heavy (non-hydrogen) atoms. The Labute approximate surface area is 99.4 Å². The van der Waals surface area contributed by atoms with Gasteiger partial charge in [0, 0.05) is 11.1 Å². The zero-order valence-corrected chi connectivity index (χ0v) is 9.86. The number of nitrogen functional groups attached to an aromatic ring is 1. The molecule has 0 amide bonds. The normalized spacial score (nSPS) is 17.4. The van der Waals surface area contributed by atoms with Crippen molar-refractivity contribution in [3.05, 3.63) is 29.3 Å². The number of ether oxygens (including phenoxy) is 1. The average Bonchev–Trinajstić information content (AvgIpc) is 2.72. The zero-order valence-electron chi connectivity index (χ0n) is 9.86. The van der Waals surface area contributed by atoms with Crippen molar-refractivity contribution in [1.82, 2.24) is 5.16 Å². The summed E-state index contributed by atoms with van der Waals surface area (Å²) in [5, 5.41) is 3.86. The van der Waals surface area contributed by atoms with Crippen LogP contribution in [-0.2, 0) is 6.42 Å². The summed E-state index contributed by atoms with van der Waals surface area (Å²) in [5.74, 6) is 2.45. The highest BCUT2D eigenvalue weighted by atomic mass is 16.5. The number of benzene rings is 1. The van der Waals surface area contributed by atoms with Crippen LogP contribution in [0.25, 0.3) is 11.3 Å². The first-order valence-corrected chi connectivity index (χ1v) is 5.63. The van der Waals surface area contributed by atoms with Crippen LogP contribution in [0.4, 0.5) is 5.82 Å². The first-order valence-electron chi connectivity index (χ1n) is 5.63. The average molecular weight is 230 g/mol. The summed E-state index contributed by atoms with van der Waals surface area (Å²) in [6.45, 7) is 2.14. The molecule has 1 unspecified atom stereocenters. The Morgan fingerprint density at radius 2 is 2.29 bits per heavy atom. The molecule has 1 aliphatic carbocycles. The van der Waals surface area contributed by atoms with Gasteiger partial charge < -0.3 is 15.0 Å². The van der Waals surface area contributed by atoms with Crippen molar-refractivity contribution in [2.75, 3.05) is 12.8 Å². The second-order valence-electron chi connectivity index (χ2n) is 4.44. The maximum atomic E-state index is 5.84. The van der Waals surface area contributed by atoms with Gasteiger partial charge in [0.1, 0.15) is 5.75 Å². The predicted octanol–water partition coefficient (Wildman–Crippen LogP) is 2.59. The Morgan fingerprint density at radius 3 is 3.06 bits per heavy atom. The summed E-state index contributed by atoms with van der Waals surface area (Å²) in [6, 6.07) is 6.02. The Hall–Kier alpha value is -1.97. The fourth-order valence-corrected chi connectivity index (χ4v) is 2.48. The van der Waals surface area contributed by atoms with Crippen LogP contribution in [0.3, 0.4) is 0 Å². The molecular formula is C13H14N2O2. The third-order valence-corrected chi connectivity index (χ3v) is 3.34. The maximum absolute atomic E-state index is 5.84. The number of fused-ring (bicyclic) bond motifs is 3. The van der Waals surface area contributed by atoms with Crippen molar-refractivity contribution < 1.29 is 9.26 Å². The second-order valence-corrected chi connectivity index (χ2v) is 4.44. The third kappa shape index (κ3) is 1.40. The molecule has 4 heteroatoms. The molecule has 0 spiro atoms. The number of methoxy groups -OCH3 is 1. The van der Waals surface area contributed by atoms with Crippen molar-refractivity contribution in [2.45, 2.75) is 19.3 Å². The van der Waals surface area contributed by atoms with E-state index >= 15 is 0 Å². The number of hydrogen-bond donors (Lipinski definition) is 1. The van der Waals surface area contributed by atoms with Crippen LogP contribution in [0.15, 0.2) is 22.7 Å². The largest absolute Gasteiger partial charge is 0.497 e. The van der Waals surface area contributed by atoms with E-state index in [1.807, 2.05) is 12.1 Å². The molecule has 2 aromatic rings. The van der Waals surface area contributed by atoms with Gasteiger partial charge in [-0.1, -0.05) is 18.1 Å². The first-order chi connectivity index (χ1) is 8.20. The second kappa shape index (κ2) is 3.52. The molecule has 0 aliphatic heterocycles. The molecule has 88 valence electrons. The van der Waals surface area contributed by atoms with Gasteiger partial charge in [-0.2, -0.15) is 0 Å². The molecule has 0 radical (unpaired) electrons. The van der Waals surface area contributed by atoms with Crippen LogP contribution in [0, 0.1) is 0 Å². The molecule has 4 nitrogen and oxygen atoms in total. The summed E-state index contributed by atoms with van der Waals surface area (Å²) in [7, 11) is 1.66. The van der Waals surface area contributed by atoms with Crippen molar-refractivity contribution in [2.24, 2.45) is 0 Å². The van der Waals surface area contributed by atoms with Gasteiger partial charge in [-0.15, -0.1) is 0 Å². The number of nitrogens with two attached hydrogens (primary N) is 1. The number of nitrogens with zero attached hydrogens (tertiary/aromatic N) is 1. The molecule has 3 rings (SSSR count). The molecule has 2 N–H and O–H groups in total. The zero-order chi connectivity index (χ0) is 12.0. The van der Waals surface area contributed by atoms with E-state index in [-0.39, 0.29) is 0 Å². The fraction of sp³-hybridized carbons (Fsp3) is 0.308. The van der Waals surface area contributed by atoms with Crippen molar-refractivity contribution in [1.29, 1.82) is 0 Å². The number of rotatable bonds is 1. The monoisotopic (exact) mass is 230 g/mol. The topological polar surface area (TPSA) is 61.3 Å². The summed E-state index contributed by atoms with van der Waals surface area (Å²) in [4.78, 5) is 0. The first kappa shape index (κ1) is 10.2. The fourth-order valence-electron chi connectivity index (χ4n) is 2.48. The highest BCUT2D eigenvalue weighted by molar-refractivity contribution is 5.74. The minimum Gasteiger partial charge on any atom is -0.497 e. The van der Waals surface area contributed by atoms with Crippen LogP contribution in [0.2, 0.25) is 0 Å². The third-order valence-electron chi connectivity index (χ3n) is 3.34. The van der Waals surface area contributed by atoms with E-state index in [0.717, 1.165) is 29.1 Å². The van der Waals surface area contributed by atoms with Crippen molar-refractivity contribution in [3.8, 4) is 17.1 Å². The van der Waals surface area contributed by atoms with Crippen molar-refractivity contribution in [3.63, 3.8) is 0 Å². The maximum Gasteiger partial charge on any atom is 0.172 e. The Balaban J connectivity index is 2.24. The van der Waals surface area contributed by atoms with Gasteiger partial charge in [0.05, 0.1) is 7.11 Å².